The molecule has 0 aromatic heterocycles. The van der Waals surface area contributed by atoms with Crippen molar-refractivity contribution in [2.45, 2.75) is 32.7 Å². The number of rotatable bonds is 0. The zero-order valence-corrected chi connectivity index (χ0v) is 10.9. The highest BCUT2D eigenvalue weighted by atomic mass is 16.5. The van der Waals surface area contributed by atoms with Crippen LogP contribution in [0.5, 0.6) is 5.75 Å². The second kappa shape index (κ2) is 3.62. The number of hydrogen-bond donors (Lipinski definition) is 3. The maximum absolute atomic E-state index is 5.64. The highest BCUT2D eigenvalue weighted by Crippen LogP contribution is 2.44. The van der Waals surface area contributed by atoms with E-state index in [9.17, 15) is 0 Å². The molecule has 0 radical (unpaired) electrons. The quantitative estimate of drug-likeness (QED) is 0.480. The molecule has 0 saturated heterocycles. The smallest absolute Gasteiger partial charge is 0.141 e. The van der Waals surface area contributed by atoms with E-state index in [1.165, 1.54) is 5.56 Å². The molecule has 0 atom stereocenters. The van der Waals surface area contributed by atoms with Gasteiger partial charge in [-0.1, -0.05) is 0 Å². The Kier molecular flexibility index (Phi) is 2.28. The molecule has 5 nitrogen and oxygen atoms in total. The lowest BCUT2D eigenvalue weighted by Gasteiger charge is -2.34. The van der Waals surface area contributed by atoms with Crippen LogP contribution in [0.15, 0.2) is 11.1 Å². The van der Waals surface area contributed by atoms with E-state index >= 15 is 0 Å². The van der Waals surface area contributed by atoms with Gasteiger partial charge in [0.2, 0.25) is 0 Å². The van der Waals surface area contributed by atoms with Crippen LogP contribution in [0.3, 0.4) is 0 Å². The number of amidine groups is 1. The summed E-state index contributed by atoms with van der Waals surface area (Å²) in [6.07, 6.45) is 0.932. The SMILES string of the molecule is Cc1cc2c(c3c1N=C(NN)C(C)(C)N3)CCO2. The van der Waals surface area contributed by atoms with Crippen molar-refractivity contribution in [3.63, 3.8) is 0 Å². The fraction of sp³-hybridized carbons (Fsp3) is 0.462. The standard InChI is InChI=1S/C13H18N4O/c1-7-6-9-8(4-5-18-9)11-10(7)15-12(17-14)13(2,3)16-11/h6,16H,4-5,14H2,1-3H3,(H,15,17). The molecule has 0 saturated carbocycles. The molecule has 0 bridgehead atoms. The number of hydrogen-bond acceptors (Lipinski definition) is 5. The molecule has 2 aliphatic heterocycles. The van der Waals surface area contributed by atoms with Gasteiger partial charge >= 0.3 is 0 Å². The van der Waals surface area contributed by atoms with Gasteiger partial charge in [0.15, 0.2) is 0 Å². The second-order valence-electron chi connectivity index (χ2n) is 5.35. The normalized spacial score (nSPS) is 19.2. The number of benzene rings is 1. The van der Waals surface area contributed by atoms with Crippen LogP contribution < -0.4 is 21.3 Å². The molecule has 4 N–H and O–H groups in total. The molecule has 96 valence electrons. The second-order valence-corrected chi connectivity index (χ2v) is 5.35. The Balaban J connectivity index is 2.23. The molecule has 1 aromatic rings. The fourth-order valence-electron chi connectivity index (χ4n) is 2.57. The Morgan fingerprint density at radius 3 is 3.00 bits per heavy atom. The monoisotopic (exact) mass is 246 g/mol. The third-order valence-electron chi connectivity index (χ3n) is 3.56. The average Bonchev–Trinajstić information content (AvgIpc) is 2.75. The Labute approximate surface area is 106 Å². The highest BCUT2D eigenvalue weighted by molar-refractivity contribution is 6.00. The van der Waals surface area contributed by atoms with Crippen LogP contribution in [-0.2, 0) is 6.42 Å². The number of fused-ring (bicyclic) bond motifs is 3. The topological polar surface area (TPSA) is 71.7 Å². The van der Waals surface area contributed by atoms with E-state index in [0.717, 1.165) is 41.6 Å². The van der Waals surface area contributed by atoms with E-state index < -0.39 is 0 Å². The summed E-state index contributed by atoms with van der Waals surface area (Å²) >= 11 is 0. The van der Waals surface area contributed by atoms with Crippen molar-refractivity contribution in [3.8, 4) is 5.75 Å². The Morgan fingerprint density at radius 2 is 2.28 bits per heavy atom. The van der Waals surface area contributed by atoms with Crippen LogP contribution >= 0.6 is 0 Å². The number of nitrogens with one attached hydrogen (secondary N) is 2. The van der Waals surface area contributed by atoms with Crippen LogP contribution in [0.1, 0.15) is 25.0 Å². The van der Waals surface area contributed by atoms with Crippen molar-refractivity contribution >= 4 is 17.2 Å². The van der Waals surface area contributed by atoms with Gasteiger partial charge in [-0.05, 0) is 32.4 Å². The summed E-state index contributed by atoms with van der Waals surface area (Å²) in [5.74, 6) is 7.28. The summed E-state index contributed by atoms with van der Waals surface area (Å²) in [5.41, 5.74) is 6.76. The molecule has 2 heterocycles. The van der Waals surface area contributed by atoms with E-state index in [0.29, 0.717) is 0 Å². The number of nitrogens with zero attached hydrogens (tertiary/aromatic N) is 1. The van der Waals surface area contributed by atoms with Crippen LogP contribution in [-0.4, -0.2) is 18.0 Å². The first-order valence-corrected chi connectivity index (χ1v) is 6.16. The van der Waals surface area contributed by atoms with Crippen LogP contribution in [0.2, 0.25) is 0 Å². The molecule has 0 fully saturated rings. The van der Waals surface area contributed by atoms with E-state index in [-0.39, 0.29) is 5.54 Å². The number of aryl methyl sites for hydroxylation is 1. The fourth-order valence-corrected chi connectivity index (χ4v) is 2.57. The van der Waals surface area contributed by atoms with Crippen LogP contribution in [0.4, 0.5) is 11.4 Å². The molecule has 0 spiro atoms. The van der Waals surface area contributed by atoms with Gasteiger partial charge in [0.1, 0.15) is 11.6 Å². The first-order valence-electron chi connectivity index (χ1n) is 6.16. The predicted molar refractivity (Wildman–Crippen MR) is 72.5 cm³/mol. The summed E-state index contributed by atoms with van der Waals surface area (Å²) in [7, 11) is 0. The molecule has 18 heavy (non-hydrogen) atoms. The molecule has 0 amide bonds. The third-order valence-corrected chi connectivity index (χ3v) is 3.56. The summed E-state index contributed by atoms with van der Waals surface area (Å²) in [5, 5.41) is 3.53. The Morgan fingerprint density at radius 1 is 1.50 bits per heavy atom. The largest absolute Gasteiger partial charge is 0.493 e. The minimum atomic E-state index is -0.300. The minimum absolute atomic E-state index is 0.300. The van der Waals surface area contributed by atoms with Gasteiger partial charge in [-0.2, -0.15) is 0 Å². The highest BCUT2D eigenvalue weighted by Gasteiger charge is 2.33. The van der Waals surface area contributed by atoms with E-state index in [1.807, 2.05) is 6.92 Å². The third kappa shape index (κ3) is 1.47. The van der Waals surface area contributed by atoms with Crippen molar-refractivity contribution in [3.05, 3.63) is 17.2 Å². The first kappa shape index (κ1) is 11.3. The summed E-state index contributed by atoms with van der Waals surface area (Å²) in [6.45, 7) is 6.90. The lowest BCUT2D eigenvalue weighted by Crippen LogP contribution is -2.52. The van der Waals surface area contributed by atoms with Crippen molar-refractivity contribution in [1.82, 2.24) is 5.43 Å². The van der Waals surface area contributed by atoms with E-state index in [4.69, 9.17) is 10.6 Å². The van der Waals surface area contributed by atoms with Gasteiger partial charge in [0.05, 0.1) is 23.5 Å². The minimum Gasteiger partial charge on any atom is -0.493 e. The van der Waals surface area contributed by atoms with Gasteiger partial charge in [-0.15, -0.1) is 0 Å². The lowest BCUT2D eigenvalue weighted by atomic mass is 9.96. The number of hydrazine groups is 1. The number of aliphatic imine (C=N–C) groups is 1. The molecular formula is C13H18N4O. The molecule has 3 rings (SSSR count). The molecular weight excluding hydrogens is 228 g/mol. The Hall–Kier alpha value is -1.75. The van der Waals surface area contributed by atoms with E-state index in [1.54, 1.807) is 0 Å². The summed E-state index contributed by atoms with van der Waals surface area (Å²) in [4.78, 5) is 4.66. The molecule has 5 heteroatoms. The van der Waals surface area contributed by atoms with Gasteiger partial charge in [0, 0.05) is 12.0 Å². The Bertz CT molecular complexity index is 548. The average molecular weight is 246 g/mol. The molecule has 1 aromatic carbocycles. The molecule has 0 aliphatic carbocycles. The predicted octanol–water partition coefficient (Wildman–Crippen LogP) is 1.63. The summed E-state index contributed by atoms with van der Waals surface area (Å²) in [6, 6.07) is 2.05. The van der Waals surface area contributed by atoms with Crippen LogP contribution in [0, 0.1) is 6.92 Å². The maximum atomic E-state index is 5.64. The first-order chi connectivity index (χ1) is 8.53. The lowest BCUT2D eigenvalue weighted by molar-refractivity contribution is 0.356. The maximum Gasteiger partial charge on any atom is 0.141 e. The van der Waals surface area contributed by atoms with E-state index in [2.05, 4.69) is 35.6 Å². The zero-order chi connectivity index (χ0) is 12.9. The number of nitrogens with two attached hydrogens (primary N) is 1. The van der Waals surface area contributed by atoms with Crippen LogP contribution in [0.25, 0.3) is 0 Å². The van der Waals surface area contributed by atoms with Gasteiger partial charge in [-0.25, -0.2) is 10.8 Å². The zero-order valence-electron chi connectivity index (χ0n) is 10.9. The van der Waals surface area contributed by atoms with Crippen molar-refractivity contribution < 1.29 is 4.74 Å². The molecule has 2 aliphatic rings. The van der Waals surface area contributed by atoms with Crippen molar-refractivity contribution in [1.29, 1.82) is 0 Å². The van der Waals surface area contributed by atoms with Gasteiger partial charge < -0.3 is 15.5 Å². The summed E-state index contributed by atoms with van der Waals surface area (Å²) < 4.78 is 5.64. The number of anilines is 1. The van der Waals surface area contributed by atoms with Gasteiger partial charge in [0.25, 0.3) is 0 Å². The van der Waals surface area contributed by atoms with Crippen molar-refractivity contribution in [2.75, 3.05) is 11.9 Å². The number of ether oxygens (including phenoxy) is 1. The van der Waals surface area contributed by atoms with Crippen molar-refractivity contribution in [2.24, 2.45) is 10.8 Å². The molecule has 0 unspecified atom stereocenters. The van der Waals surface area contributed by atoms with Gasteiger partial charge in [-0.3, -0.25) is 0 Å².